The highest BCUT2D eigenvalue weighted by atomic mass is 16.5. The maximum atomic E-state index is 8.20. The number of hydrogen-bond acceptors (Lipinski definition) is 4. The molecule has 0 aliphatic rings. The van der Waals surface area contributed by atoms with Crippen LogP contribution >= 0.6 is 0 Å². The SMILES string of the molecule is ONCc1cccnn1. The van der Waals surface area contributed by atoms with Crippen molar-refractivity contribution in [1.29, 1.82) is 0 Å². The molecule has 0 aromatic carbocycles. The first kappa shape index (κ1) is 6.12. The Morgan fingerprint density at radius 1 is 1.67 bits per heavy atom. The van der Waals surface area contributed by atoms with E-state index in [1.165, 1.54) is 0 Å². The Morgan fingerprint density at radius 2 is 2.56 bits per heavy atom. The summed E-state index contributed by atoms with van der Waals surface area (Å²) in [7, 11) is 0. The fraction of sp³-hybridized carbons (Fsp3) is 0.200. The van der Waals surface area contributed by atoms with Crippen LogP contribution in [0, 0.1) is 0 Å². The average molecular weight is 125 g/mol. The molecule has 4 heteroatoms. The lowest BCUT2D eigenvalue weighted by molar-refractivity contribution is 0.159. The lowest BCUT2D eigenvalue weighted by atomic mass is 10.4. The first-order valence-corrected chi connectivity index (χ1v) is 2.57. The molecule has 0 fully saturated rings. The molecule has 2 N–H and O–H groups in total. The van der Waals surface area contributed by atoms with E-state index < -0.39 is 0 Å². The molecule has 0 atom stereocenters. The Morgan fingerprint density at radius 3 is 3.11 bits per heavy atom. The highest BCUT2D eigenvalue weighted by Crippen LogP contribution is 1.87. The van der Waals surface area contributed by atoms with Crippen LogP contribution in [0.5, 0.6) is 0 Å². The number of aromatic nitrogens is 2. The van der Waals surface area contributed by atoms with Gasteiger partial charge in [0, 0.05) is 6.20 Å². The average Bonchev–Trinajstić information content (AvgIpc) is 1.91. The molecular weight excluding hydrogens is 118 g/mol. The molecule has 0 saturated heterocycles. The molecule has 1 aromatic rings. The predicted molar refractivity (Wildman–Crippen MR) is 30.7 cm³/mol. The molecule has 0 radical (unpaired) electrons. The lowest BCUT2D eigenvalue weighted by Gasteiger charge is -1.92. The molecule has 4 nitrogen and oxygen atoms in total. The Kier molecular flexibility index (Phi) is 2.12. The van der Waals surface area contributed by atoms with Gasteiger partial charge in [-0.15, -0.1) is 0 Å². The summed E-state index contributed by atoms with van der Waals surface area (Å²) in [6.45, 7) is 0.341. The van der Waals surface area contributed by atoms with E-state index in [2.05, 4.69) is 10.2 Å². The minimum Gasteiger partial charge on any atom is -0.316 e. The Hall–Kier alpha value is -1.00. The summed E-state index contributed by atoms with van der Waals surface area (Å²) in [5.74, 6) is 0. The largest absolute Gasteiger partial charge is 0.316 e. The van der Waals surface area contributed by atoms with Crippen molar-refractivity contribution in [1.82, 2.24) is 15.7 Å². The topological polar surface area (TPSA) is 58.0 Å². The molecule has 0 aliphatic heterocycles. The van der Waals surface area contributed by atoms with E-state index in [1.54, 1.807) is 18.3 Å². The highest BCUT2D eigenvalue weighted by Gasteiger charge is 1.87. The number of nitrogens with zero attached hydrogens (tertiary/aromatic N) is 2. The van der Waals surface area contributed by atoms with E-state index in [0.717, 1.165) is 5.69 Å². The molecule has 9 heavy (non-hydrogen) atoms. The second-order valence-corrected chi connectivity index (χ2v) is 1.55. The van der Waals surface area contributed by atoms with Gasteiger partial charge in [0.2, 0.25) is 0 Å². The number of rotatable bonds is 2. The van der Waals surface area contributed by atoms with Gasteiger partial charge in [-0.25, -0.2) is 0 Å². The summed E-state index contributed by atoms with van der Waals surface area (Å²) in [4.78, 5) is 0. The Bertz CT molecular complexity index is 165. The minimum atomic E-state index is 0.341. The van der Waals surface area contributed by atoms with Gasteiger partial charge >= 0.3 is 0 Å². The summed E-state index contributed by atoms with van der Waals surface area (Å²) < 4.78 is 0. The van der Waals surface area contributed by atoms with Crippen LogP contribution in [0.15, 0.2) is 18.3 Å². The van der Waals surface area contributed by atoms with Gasteiger partial charge in [0.1, 0.15) is 0 Å². The van der Waals surface area contributed by atoms with Gasteiger partial charge < -0.3 is 5.21 Å². The van der Waals surface area contributed by atoms with Gasteiger partial charge in [-0.1, -0.05) is 0 Å². The zero-order chi connectivity index (χ0) is 6.53. The Balaban J connectivity index is 2.61. The second-order valence-electron chi connectivity index (χ2n) is 1.55. The zero-order valence-corrected chi connectivity index (χ0v) is 4.78. The molecule has 0 saturated carbocycles. The van der Waals surface area contributed by atoms with Gasteiger partial charge in [-0.05, 0) is 12.1 Å². The predicted octanol–water partition coefficient (Wildman–Crippen LogP) is -0.0446. The third-order valence-corrected chi connectivity index (χ3v) is 0.888. The van der Waals surface area contributed by atoms with Crippen molar-refractivity contribution in [3.05, 3.63) is 24.0 Å². The van der Waals surface area contributed by atoms with Crippen molar-refractivity contribution >= 4 is 0 Å². The minimum absolute atomic E-state index is 0.341. The number of hydroxylamine groups is 1. The zero-order valence-electron chi connectivity index (χ0n) is 4.78. The third kappa shape index (κ3) is 1.75. The van der Waals surface area contributed by atoms with Crippen molar-refractivity contribution in [3.63, 3.8) is 0 Å². The molecule has 0 amide bonds. The van der Waals surface area contributed by atoms with Crippen LogP contribution in [0.3, 0.4) is 0 Å². The van der Waals surface area contributed by atoms with Crippen LogP contribution in [0.1, 0.15) is 5.69 Å². The lowest BCUT2D eigenvalue weighted by Crippen LogP contribution is -2.07. The van der Waals surface area contributed by atoms with Crippen LogP contribution in [-0.4, -0.2) is 15.4 Å². The fourth-order valence-electron chi connectivity index (χ4n) is 0.509. The number of nitrogens with one attached hydrogen (secondary N) is 1. The van der Waals surface area contributed by atoms with E-state index in [1.807, 2.05) is 5.48 Å². The van der Waals surface area contributed by atoms with Crippen LogP contribution in [0.25, 0.3) is 0 Å². The van der Waals surface area contributed by atoms with Gasteiger partial charge in [-0.3, -0.25) is 0 Å². The summed E-state index contributed by atoms with van der Waals surface area (Å²) in [5.41, 5.74) is 2.70. The fourth-order valence-corrected chi connectivity index (χ4v) is 0.509. The molecule has 0 aliphatic carbocycles. The summed E-state index contributed by atoms with van der Waals surface area (Å²) in [5, 5.41) is 15.5. The monoisotopic (exact) mass is 125 g/mol. The van der Waals surface area contributed by atoms with E-state index in [0.29, 0.717) is 6.54 Å². The molecule has 48 valence electrons. The maximum absolute atomic E-state index is 8.20. The first-order chi connectivity index (χ1) is 4.43. The van der Waals surface area contributed by atoms with Crippen molar-refractivity contribution in [2.45, 2.75) is 6.54 Å². The molecular formula is C5H7N3O. The van der Waals surface area contributed by atoms with E-state index in [-0.39, 0.29) is 0 Å². The number of hydrogen-bond donors (Lipinski definition) is 2. The maximum Gasteiger partial charge on any atom is 0.0792 e. The van der Waals surface area contributed by atoms with E-state index >= 15 is 0 Å². The van der Waals surface area contributed by atoms with Crippen LogP contribution in [0.4, 0.5) is 0 Å². The normalized spacial score (nSPS) is 9.44. The molecule has 1 rings (SSSR count). The van der Waals surface area contributed by atoms with Gasteiger partial charge in [0.25, 0.3) is 0 Å². The molecule has 1 aromatic heterocycles. The van der Waals surface area contributed by atoms with Crippen LogP contribution < -0.4 is 5.48 Å². The van der Waals surface area contributed by atoms with E-state index in [9.17, 15) is 0 Å². The first-order valence-electron chi connectivity index (χ1n) is 2.57. The second kappa shape index (κ2) is 3.11. The standard InChI is InChI=1S/C5H7N3O/c9-7-4-5-2-1-3-6-8-5/h1-3,7,9H,4H2. The van der Waals surface area contributed by atoms with Gasteiger partial charge in [0.15, 0.2) is 0 Å². The van der Waals surface area contributed by atoms with Gasteiger partial charge in [-0.2, -0.15) is 15.7 Å². The molecule has 0 spiro atoms. The quantitative estimate of drug-likeness (QED) is 0.544. The van der Waals surface area contributed by atoms with Crippen molar-refractivity contribution < 1.29 is 5.21 Å². The van der Waals surface area contributed by atoms with Crippen molar-refractivity contribution in [2.75, 3.05) is 0 Å². The van der Waals surface area contributed by atoms with Crippen molar-refractivity contribution in [3.8, 4) is 0 Å². The third-order valence-electron chi connectivity index (χ3n) is 0.888. The van der Waals surface area contributed by atoms with E-state index in [4.69, 9.17) is 5.21 Å². The van der Waals surface area contributed by atoms with Crippen LogP contribution in [0.2, 0.25) is 0 Å². The summed E-state index contributed by atoms with van der Waals surface area (Å²) >= 11 is 0. The Labute approximate surface area is 52.5 Å². The molecule has 0 bridgehead atoms. The summed E-state index contributed by atoms with van der Waals surface area (Å²) in [6.07, 6.45) is 1.58. The van der Waals surface area contributed by atoms with Crippen molar-refractivity contribution in [2.24, 2.45) is 0 Å². The summed E-state index contributed by atoms with van der Waals surface area (Å²) in [6, 6.07) is 3.54. The molecule has 0 unspecified atom stereocenters. The smallest absolute Gasteiger partial charge is 0.0792 e. The highest BCUT2D eigenvalue weighted by molar-refractivity contribution is 4.97. The molecule has 1 heterocycles. The van der Waals surface area contributed by atoms with Gasteiger partial charge in [0.05, 0.1) is 12.2 Å². The van der Waals surface area contributed by atoms with Crippen LogP contribution in [-0.2, 0) is 6.54 Å².